The molecule has 2 rings (SSSR count). The summed E-state index contributed by atoms with van der Waals surface area (Å²) in [6, 6.07) is 9.44. The molecular formula is C17H23BrN2S. The van der Waals surface area contributed by atoms with Crippen molar-refractivity contribution in [3.05, 3.63) is 50.1 Å². The Morgan fingerprint density at radius 2 is 2.05 bits per heavy atom. The van der Waals surface area contributed by atoms with Gasteiger partial charge in [0.15, 0.2) is 0 Å². The molecule has 1 N–H and O–H groups in total. The molecule has 2 nitrogen and oxygen atoms in total. The van der Waals surface area contributed by atoms with Crippen molar-refractivity contribution in [1.82, 2.24) is 5.32 Å². The van der Waals surface area contributed by atoms with Crippen LogP contribution in [0.2, 0.25) is 0 Å². The molecule has 0 radical (unpaired) electrons. The number of anilines is 1. The lowest BCUT2D eigenvalue weighted by molar-refractivity contribution is 0.587. The molecule has 0 fully saturated rings. The molecule has 0 saturated carbocycles. The Balaban J connectivity index is 2.04. The highest BCUT2D eigenvalue weighted by Gasteiger charge is 2.07. The van der Waals surface area contributed by atoms with E-state index in [0.717, 1.165) is 13.1 Å². The van der Waals surface area contributed by atoms with E-state index in [4.69, 9.17) is 0 Å². The number of thiophene rings is 1. The zero-order chi connectivity index (χ0) is 15.4. The molecule has 0 atom stereocenters. The molecule has 0 saturated heterocycles. The third-order valence-electron chi connectivity index (χ3n) is 3.48. The molecule has 1 aromatic heterocycles. The molecule has 2 aromatic rings. The second-order valence-corrected chi connectivity index (χ2v) is 7.65. The fraction of sp³-hybridized carbons (Fsp3) is 0.412. The minimum absolute atomic E-state index is 0.518. The van der Waals surface area contributed by atoms with Gasteiger partial charge in [0.25, 0.3) is 0 Å². The predicted molar refractivity (Wildman–Crippen MR) is 97.3 cm³/mol. The van der Waals surface area contributed by atoms with Crippen LogP contribution in [0, 0.1) is 6.92 Å². The molecule has 1 heterocycles. The lowest BCUT2D eigenvalue weighted by atomic mass is 10.1. The van der Waals surface area contributed by atoms with E-state index in [1.165, 1.54) is 26.2 Å². The molecule has 114 valence electrons. The molecule has 0 aliphatic heterocycles. The number of hydrogen-bond acceptors (Lipinski definition) is 3. The van der Waals surface area contributed by atoms with Gasteiger partial charge in [-0.05, 0) is 52.2 Å². The summed E-state index contributed by atoms with van der Waals surface area (Å²) in [5, 5.41) is 5.61. The topological polar surface area (TPSA) is 15.3 Å². The second kappa shape index (κ2) is 7.43. The van der Waals surface area contributed by atoms with Crippen molar-refractivity contribution < 1.29 is 0 Å². The molecule has 4 heteroatoms. The standard InChI is InChI=1S/C17H23BrN2S/c1-12(2)19-9-14-5-6-16(7-13(14)3)20(4)10-17-8-15(18)11-21-17/h5-8,11-12,19H,9-10H2,1-4H3. The number of nitrogens with one attached hydrogen (secondary N) is 1. The van der Waals surface area contributed by atoms with Crippen LogP contribution in [0.15, 0.2) is 34.1 Å². The highest BCUT2D eigenvalue weighted by Crippen LogP contribution is 2.24. The Labute approximate surface area is 140 Å². The average molecular weight is 367 g/mol. The van der Waals surface area contributed by atoms with Crippen molar-refractivity contribution >= 4 is 33.0 Å². The lowest BCUT2D eigenvalue weighted by Gasteiger charge is -2.20. The normalized spacial score (nSPS) is 11.1. The van der Waals surface area contributed by atoms with Gasteiger partial charge in [-0.2, -0.15) is 0 Å². The van der Waals surface area contributed by atoms with Gasteiger partial charge in [0, 0.05) is 40.1 Å². The summed E-state index contributed by atoms with van der Waals surface area (Å²) >= 11 is 5.31. The average Bonchev–Trinajstić information content (AvgIpc) is 2.82. The Kier molecular flexibility index (Phi) is 5.85. The molecule has 0 aliphatic rings. The van der Waals surface area contributed by atoms with Crippen LogP contribution in [0.25, 0.3) is 0 Å². The zero-order valence-electron chi connectivity index (χ0n) is 13.1. The molecule has 0 unspecified atom stereocenters. The van der Waals surface area contributed by atoms with E-state index >= 15 is 0 Å². The SMILES string of the molecule is Cc1cc(N(C)Cc2cc(Br)cs2)ccc1CNC(C)C. The van der Waals surface area contributed by atoms with Crippen molar-refractivity contribution in [3.8, 4) is 0 Å². The monoisotopic (exact) mass is 366 g/mol. The Hall–Kier alpha value is -0.840. The van der Waals surface area contributed by atoms with Crippen molar-refractivity contribution in [1.29, 1.82) is 0 Å². The van der Waals surface area contributed by atoms with Crippen molar-refractivity contribution in [2.24, 2.45) is 0 Å². The van der Waals surface area contributed by atoms with Gasteiger partial charge in [0.1, 0.15) is 0 Å². The first-order chi connectivity index (χ1) is 9.95. The summed E-state index contributed by atoms with van der Waals surface area (Å²) < 4.78 is 1.17. The lowest BCUT2D eigenvalue weighted by Crippen LogP contribution is -2.22. The van der Waals surface area contributed by atoms with E-state index in [0.29, 0.717) is 6.04 Å². The Bertz CT molecular complexity index is 592. The number of rotatable bonds is 6. The number of hydrogen-bond donors (Lipinski definition) is 1. The maximum absolute atomic E-state index is 3.51. The number of halogens is 1. The number of aryl methyl sites for hydroxylation is 1. The maximum atomic E-state index is 3.51. The summed E-state index contributed by atoms with van der Waals surface area (Å²) in [7, 11) is 2.15. The molecule has 0 aliphatic carbocycles. The summed E-state index contributed by atoms with van der Waals surface area (Å²) in [6.45, 7) is 8.42. The minimum atomic E-state index is 0.518. The predicted octanol–water partition coefficient (Wildman–Crippen LogP) is 4.95. The Morgan fingerprint density at radius 3 is 2.62 bits per heavy atom. The first kappa shape index (κ1) is 16.5. The van der Waals surface area contributed by atoms with Crippen LogP contribution in [-0.2, 0) is 13.1 Å². The van der Waals surface area contributed by atoms with Crippen molar-refractivity contribution in [3.63, 3.8) is 0 Å². The zero-order valence-corrected chi connectivity index (χ0v) is 15.5. The van der Waals surface area contributed by atoms with E-state index in [1.54, 1.807) is 11.3 Å². The van der Waals surface area contributed by atoms with Crippen LogP contribution in [-0.4, -0.2) is 13.1 Å². The van der Waals surface area contributed by atoms with Gasteiger partial charge in [0.05, 0.1) is 6.54 Å². The third kappa shape index (κ3) is 4.83. The fourth-order valence-electron chi connectivity index (χ4n) is 2.19. The van der Waals surface area contributed by atoms with Gasteiger partial charge < -0.3 is 10.2 Å². The molecule has 21 heavy (non-hydrogen) atoms. The van der Waals surface area contributed by atoms with E-state index in [1.807, 2.05) is 0 Å². The highest BCUT2D eigenvalue weighted by molar-refractivity contribution is 9.10. The molecule has 0 spiro atoms. The highest BCUT2D eigenvalue weighted by atomic mass is 79.9. The summed E-state index contributed by atoms with van der Waals surface area (Å²) in [4.78, 5) is 3.66. The molecule has 0 amide bonds. The van der Waals surface area contributed by atoms with Crippen LogP contribution in [0.3, 0.4) is 0 Å². The van der Waals surface area contributed by atoms with Crippen LogP contribution >= 0.6 is 27.3 Å². The Morgan fingerprint density at radius 1 is 1.29 bits per heavy atom. The fourth-order valence-corrected chi connectivity index (χ4v) is 3.70. The van der Waals surface area contributed by atoms with Gasteiger partial charge in [0.2, 0.25) is 0 Å². The van der Waals surface area contributed by atoms with Gasteiger partial charge in [-0.25, -0.2) is 0 Å². The summed E-state index contributed by atoms with van der Waals surface area (Å²) in [6.07, 6.45) is 0. The second-order valence-electron chi connectivity index (χ2n) is 5.73. The van der Waals surface area contributed by atoms with Crippen molar-refractivity contribution in [2.45, 2.75) is 39.9 Å². The van der Waals surface area contributed by atoms with Crippen molar-refractivity contribution in [2.75, 3.05) is 11.9 Å². The first-order valence-electron chi connectivity index (χ1n) is 7.22. The number of benzene rings is 1. The van der Waals surface area contributed by atoms with E-state index < -0.39 is 0 Å². The van der Waals surface area contributed by atoms with Gasteiger partial charge in [-0.15, -0.1) is 11.3 Å². The quantitative estimate of drug-likeness (QED) is 0.777. The molecule has 0 bridgehead atoms. The van der Waals surface area contributed by atoms with Gasteiger partial charge >= 0.3 is 0 Å². The van der Waals surface area contributed by atoms with E-state index in [9.17, 15) is 0 Å². The minimum Gasteiger partial charge on any atom is -0.369 e. The summed E-state index contributed by atoms with van der Waals surface area (Å²) in [5.74, 6) is 0. The molecule has 1 aromatic carbocycles. The largest absolute Gasteiger partial charge is 0.369 e. The van der Waals surface area contributed by atoms with Gasteiger partial charge in [-0.1, -0.05) is 19.9 Å². The van der Waals surface area contributed by atoms with Crippen LogP contribution in [0.5, 0.6) is 0 Å². The van der Waals surface area contributed by atoms with Crippen LogP contribution in [0.1, 0.15) is 29.9 Å². The van der Waals surface area contributed by atoms with E-state index in [2.05, 4.69) is 83.6 Å². The number of nitrogens with zero attached hydrogens (tertiary/aromatic N) is 1. The van der Waals surface area contributed by atoms with Crippen LogP contribution in [0.4, 0.5) is 5.69 Å². The molecular weight excluding hydrogens is 344 g/mol. The van der Waals surface area contributed by atoms with Gasteiger partial charge in [-0.3, -0.25) is 0 Å². The van der Waals surface area contributed by atoms with E-state index in [-0.39, 0.29) is 0 Å². The summed E-state index contributed by atoms with van der Waals surface area (Å²) in [5.41, 5.74) is 3.99. The first-order valence-corrected chi connectivity index (χ1v) is 8.90. The van der Waals surface area contributed by atoms with Crippen LogP contribution < -0.4 is 10.2 Å². The smallest absolute Gasteiger partial charge is 0.0519 e. The third-order valence-corrected chi connectivity index (χ3v) is 5.16. The maximum Gasteiger partial charge on any atom is 0.0519 e.